The number of rotatable bonds is 5. The van der Waals surface area contributed by atoms with Gasteiger partial charge in [-0.3, -0.25) is 18.9 Å². The van der Waals surface area contributed by atoms with E-state index >= 15 is 0 Å². The number of carbonyl (C=O) groups excluding carboxylic acids is 1. The van der Waals surface area contributed by atoms with Crippen LogP contribution in [0.5, 0.6) is 11.5 Å². The summed E-state index contributed by atoms with van der Waals surface area (Å²) in [6.07, 6.45) is 3.10. The first-order valence-electron chi connectivity index (χ1n) is 13.6. The van der Waals surface area contributed by atoms with Crippen LogP contribution < -0.4 is 20.6 Å². The van der Waals surface area contributed by atoms with Crippen molar-refractivity contribution in [2.24, 2.45) is 4.99 Å². The topological polar surface area (TPSA) is 180 Å². The first-order valence-corrected chi connectivity index (χ1v) is 16.3. The van der Waals surface area contributed by atoms with Crippen LogP contribution in [-0.2, 0) is 26.0 Å². The Balaban J connectivity index is 1.74. The van der Waals surface area contributed by atoms with E-state index < -0.39 is 49.1 Å². The first-order chi connectivity index (χ1) is 20.9. The van der Waals surface area contributed by atoms with Gasteiger partial charge in [-0.25, -0.2) is 9.00 Å². The molecule has 2 atom stereocenters. The summed E-state index contributed by atoms with van der Waals surface area (Å²) in [4.78, 5) is 30.0. The number of nitrogens with zero attached hydrogens (tertiary/aromatic N) is 1. The van der Waals surface area contributed by atoms with E-state index in [0.29, 0.717) is 44.3 Å². The lowest BCUT2D eigenvalue weighted by molar-refractivity contribution is -0.107. The Morgan fingerprint density at radius 3 is 2.38 bits per heavy atom. The third-order valence-corrected chi connectivity index (χ3v) is 8.79. The monoisotopic (exact) mass is 647 g/mol. The average molecular weight is 648 g/mol. The van der Waals surface area contributed by atoms with Gasteiger partial charge < -0.3 is 15.2 Å². The molecule has 45 heavy (non-hydrogen) atoms. The number of hydrogen-bond donors (Lipinski definition) is 4. The summed E-state index contributed by atoms with van der Waals surface area (Å²) < 4.78 is 61.7. The van der Waals surface area contributed by atoms with E-state index in [1.54, 1.807) is 69.3 Å². The third kappa shape index (κ3) is 5.59. The van der Waals surface area contributed by atoms with E-state index in [4.69, 9.17) is 9.73 Å². The number of benzene rings is 3. The molecule has 0 amide bonds. The number of hydrogen-bond acceptors (Lipinski definition) is 8. The Hall–Kier alpha value is -4.56. The normalized spacial score (nSPS) is 20.0. The molecule has 0 saturated carbocycles. The minimum Gasteiger partial charge on any atom is -0.478 e. The predicted molar refractivity (Wildman–Crippen MR) is 168 cm³/mol. The molecule has 3 aliphatic heterocycles. The van der Waals surface area contributed by atoms with Crippen LogP contribution in [0, 0.1) is 6.92 Å². The number of nitrogens with one attached hydrogen (secondary N) is 1. The van der Waals surface area contributed by atoms with Gasteiger partial charge in [0.05, 0.1) is 23.4 Å². The van der Waals surface area contributed by atoms with Crippen LogP contribution in [0.25, 0.3) is 16.7 Å². The van der Waals surface area contributed by atoms with Crippen molar-refractivity contribution in [2.75, 3.05) is 11.1 Å². The molecule has 3 heterocycles. The molecule has 0 spiro atoms. The molecule has 3 aromatic carbocycles. The molecule has 4 N–H and O–H groups in total. The van der Waals surface area contributed by atoms with Crippen LogP contribution in [0.2, 0.25) is 0 Å². The number of carboxylic acid groups (broad SMARTS) is 1. The maximum Gasteiger partial charge on any atom is 0.336 e. The molecule has 0 fully saturated rings. The molecule has 3 aliphatic rings. The quantitative estimate of drug-likeness (QED) is 0.142. The molecule has 0 bridgehead atoms. The molecule has 0 saturated heterocycles. The highest BCUT2D eigenvalue weighted by Crippen LogP contribution is 2.44. The molecule has 13 heteroatoms. The highest BCUT2D eigenvalue weighted by molar-refractivity contribution is 7.96. The average Bonchev–Trinajstić information content (AvgIpc) is 2.91. The summed E-state index contributed by atoms with van der Waals surface area (Å²) in [7, 11) is -4.44. The van der Waals surface area contributed by atoms with E-state index in [-0.39, 0.29) is 28.0 Å². The zero-order valence-electron chi connectivity index (χ0n) is 24.2. The van der Waals surface area contributed by atoms with Gasteiger partial charge >= 0.3 is 5.97 Å². The fraction of sp³-hybridized carbons (Fsp3) is 0.188. The molecule has 2 unspecified atom stereocenters. The molecule has 11 nitrogen and oxygen atoms in total. The molecule has 0 aliphatic carbocycles. The van der Waals surface area contributed by atoms with E-state index in [9.17, 15) is 36.4 Å². The Morgan fingerprint density at radius 2 is 1.71 bits per heavy atom. The zero-order chi connectivity index (χ0) is 32.6. The van der Waals surface area contributed by atoms with Crippen LogP contribution in [0.1, 0.15) is 53.4 Å². The van der Waals surface area contributed by atoms with Gasteiger partial charge in [-0.2, -0.15) is 8.42 Å². The molecule has 0 aromatic heterocycles. The van der Waals surface area contributed by atoms with E-state index in [1.807, 2.05) is 0 Å². The standard InChI is InChI=1S/C32H26N2O9S2/c1-31(2)13-16(15-45(40,41)42)19-9-21-26(11-24(19)33-31)43-27-12-25-20(23(30(37)44(38)39)14-32(3,4)34-25)10-22(27)28(21)17-7-5-6-8-18(17)29(35)36/h5-14H,1,15H2,2-4H3,(H3-,33,34,35,36,38,39,40,41,42)/p+1. The largest absolute Gasteiger partial charge is 0.478 e. The number of carbonyl (C=O) groups is 2. The maximum absolute atomic E-state index is 12.9. The van der Waals surface area contributed by atoms with Crippen molar-refractivity contribution in [3.05, 3.63) is 106 Å². The van der Waals surface area contributed by atoms with Gasteiger partial charge in [0.15, 0.2) is 5.54 Å². The summed E-state index contributed by atoms with van der Waals surface area (Å²) in [6, 6.07) is 12.8. The van der Waals surface area contributed by atoms with Gasteiger partial charge in [0.2, 0.25) is 11.1 Å². The summed E-state index contributed by atoms with van der Waals surface area (Å²) in [6.45, 7) is 9.30. The fourth-order valence-electron chi connectivity index (χ4n) is 5.99. The van der Waals surface area contributed by atoms with Crippen molar-refractivity contribution in [1.29, 1.82) is 0 Å². The van der Waals surface area contributed by atoms with Crippen molar-refractivity contribution in [3.63, 3.8) is 0 Å². The van der Waals surface area contributed by atoms with Gasteiger partial charge in [0.1, 0.15) is 17.3 Å². The molecule has 6 rings (SSSR count). The Morgan fingerprint density at radius 1 is 1.00 bits per heavy atom. The molecule has 3 aromatic rings. The SMILES string of the molecule is [CH2+]C1(C)C=C(CS(=O)(=O)O)c2cc3c(cc2N1)Oc1cc2c(cc1=C3c1ccccc1C(=O)O)C(C(=O)S(=O)O)=CC(C)(C)N=2. The van der Waals surface area contributed by atoms with E-state index in [2.05, 4.69) is 12.2 Å². The van der Waals surface area contributed by atoms with Crippen LogP contribution in [0.15, 0.2) is 65.7 Å². The first kappa shape index (κ1) is 30.5. The molecule has 0 radical (unpaired) electrons. The smallest absolute Gasteiger partial charge is 0.336 e. The second-order valence-corrected chi connectivity index (χ2v) is 14.2. The molecule has 230 valence electrons. The fourth-order valence-corrected chi connectivity index (χ4v) is 6.97. The van der Waals surface area contributed by atoms with E-state index in [1.165, 1.54) is 12.1 Å². The summed E-state index contributed by atoms with van der Waals surface area (Å²) in [5.74, 6) is -1.29. The van der Waals surface area contributed by atoms with Gasteiger partial charge in [-0.1, -0.05) is 18.2 Å². The van der Waals surface area contributed by atoms with Gasteiger partial charge in [-0.15, -0.1) is 0 Å². The highest BCUT2D eigenvalue weighted by Gasteiger charge is 2.35. The number of carboxylic acids is 1. The lowest BCUT2D eigenvalue weighted by Crippen LogP contribution is -2.34. The summed E-state index contributed by atoms with van der Waals surface area (Å²) >= 11 is -2.81. The minimum atomic E-state index is -4.44. The van der Waals surface area contributed by atoms with Crippen LogP contribution in [0.4, 0.5) is 5.69 Å². The Kier molecular flexibility index (Phi) is 6.93. The second kappa shape index (κ2) is 10.2. The van der Waals surface area contributed by atoms with Crippen molar-refractivity contribution in [1.82, 2.24) is 0 Å². The van der Waals surface area contributed by atoms with Crippen molar-refractivity contribution < 1.29 is 41.2 Å². The lowest BCUT2D eigenvalue weighted by Gasteiger charge is -2.30. The van der Waals surface area contributed by atoms with Gasteiger partial charge in [0, 0.05) is 57.8 Å². The predicted octanol–water partition coefficient (Wildman–Crippen LogP) is 3.57. The summed E-state index contributed by atoms with van der Waals surface area (Å²) in [5.41, 5.74) is 0.663. The lowest BCUT2D eigenvalue weighted by atomic mass is 9.84. The van der Waals surface area contributed by atoms with E-state index in [0.717, 1.165) is 0 Å². The summed E-state index contributed by atoms with van der Waals surface area (Å²) in [5, 5.41) is 13.1. The van der Waals surface area contributed by atoms with Crippen molar-refractivity contribution in [3.8, 4) is 11.5 Å². The number of anilines is 1. The molecular weight excluding hydrogens is 620 g/mol. The van der Waals surface area contributed by atoms with Crippen molar-refractivity contribution >= 4 is 54.7 Å². The number of ether oxygens (including phenoxy) is 1. The molecular formula is C32H27N2O9S2+. The van der Waals surface area contributed by atoms with Gasteiger partial charge in [0.25, 0.3) is 15.2 Å². The number of fused-ring (bicyclic) bond motifs is 4. The maximum atomic E-state index is 12.9. The zero-order valence-corrected chi connectivity index (χ0v) is 25.9. The third-order valence-electron chi connectivity index (χ3n) is 7.57. The minimum absolute atomic E-state index is 0.0203. The Labute approximate surface area is 260 Å². The van der Waals surface area contributed by atoms with Crippen molar-refractivity contribution in [2.45, 2.75) is 31.8 Å². The highest BCUT2D eigenvalue weighted by atomic mass is 32.2. The van der Waals surface area contributed by atoms with Crippen LogP contribution in [-0.4, -0.2) is 54.8 Å². The van der Waals surface area contributed by atoms with Crippen LogP contribution >= 0.6 is 0 Å². The number of aromatic carboxylic acids is 1. The van der Waals surface area contributed by atoms with Gasteiger partial charge in [-0.05, 0) is 55.3 Å². The second-order valence-electron chi connectivity index (χ2n) is 11.9. The van der Waals surface area contributed by atoms with Crippen LogP contribution in [0.3, 0.4) is 0 Å². The Bertz CT molecular complexity index is 2200.